The lowest BCUT2D eigenvalue weighted by molar-refractivity contribution is -0.132. The molecule has 1 aromatic rings. The molecule has 0 N–H and O–H groups in total. The summed E-state index contributed by atoms with van der Waals surface area (Å²) in [5, 5.41) is 5.59. The molecule has 0 fully saturated rings. The number of hydrogen-bond donors (Lipinski definition) is 0. The summed E-state index contributed by atoms with van der Waals surface area (Å²) >= 11 is 0. The Kier molecular flexibility index (Phi) is 5.26. The predicted molar refractivity (Wildman–Crippen MR) is 66.1 cm³/mol. The number of hydrogen-bond acceptors (Lipinski definition) is 2. The highest BCUT2D eigenvalue weighted by Crippen LogP contribution is 2.09. The molecule has 1 aliphatic heterocycles. The van der Waals surface area contributed by atoms with Crippen LogP contribution in [0.1, 0.15) is 32.3 Å². The van der Waals surface area contributed by atoms with Crippen LogP contribution >= 0.6 is 0 Å². The molecule has 16 heavy (non-hydrogen) atoms. The molecular weight excluding hydrogens is 200 g/mol. The highest BCUT2D eigenvalue weighted by atomic mass is 16.2. The van der Waals surface area contributed by atoms with Gasteiger partial charge in [0.25, 0.3) is 0 Å². The summed E-state index contributed by atoms with van der Waals surface area (Å²) in [7, 11) is 0. The van der Waals surface area contributed by atoms with Crippen molar-refractivity contribution in [2.45, 2.75) is 33.2 Å². The zero-order valence-electron chi connectivity index (χ0n) is 9.89. The van der Waals surface area contributed by atoms with E-state index in [9.17, 15) is 4.79 Å². The average molecular weight is 218 g/mol. The van der Waals surface area contributed by atoms with E-state index >= 15 is 0 Å². The highest BCUT2D eigenvalue weighted by molar-refractivity contribution is 5.82. The molecule has 0 unspecified atom stereocenters. The molecule has 86 valence electrons. The zero-order chi connectivity index (χ0) is 11.8. The maximum absolute atomic E-state index is 11.4. The fraction of sp³-hybridized carbons (Fsp3) is 0.385. The maximum Gasteiger partial charge on any atom is 0.243 e. The maximum atomic E-state index is 11.4. The molecule has 1 amide bonds. The zero-order valence-corrected chi connectivity index (χ0v) is 9.89. The number of nitrogens with zero attached hydrogens (tertiary/aromatic N) is 2. The van der Waals surface area contributed by atoms with Crippen molar-refractivity contribution in [3.63, 3.8) is 0 Å². The summed E-state index contributed by atoms with van der Waals surface area (Å²) in [4.78, 5) is 11.4. The second-order valence-electron chi connectivity index (χ2n) is 3.27. The van der Waals surface area contributed by atoms with Crippen LogP contribution in [-0.4, -0.2) is 17.1 Å². The van der Waals surface area contributed by atoms with Crippen molar-refractivity contribution in [3.8, 4) is 0 Å². The summed E-state index contributed by atoms with van der Waals surface area (Å²) in [6.45, 7) is 4.58. The van der Waals surface area contributed by atoms with Crippen molar-refractivity contribution in [1.82, 2.24) is 5.01 Å². The third kappa shape index (κ3) is 3.50. The van der Waals surface area contributed by atoms with Gasteiger partial charge in [0.1, 0.15) is 0 Å². The first-order valence-electron chi connectivity index (χ1n) is 5.73. The smallest absolute Gasteiger partial charge is 0.243 e. The molecule has 0 aliphatic carbocycles. The van der Waals surface area contributed by atoms with Gasteiger partial charge < -0.3 is 0 Å². The van der Waals surface area contributed by atoms with E-state index in [2.05, 4.69) is 5.10 Å². The Bertz CT molecular complexity index is 346. The molecule has 1 aromatic carbocycles. The molecule has 0 atom stereocenters. The minimum atomic E-state index is 0.108. The van der Waals surface area contributed by atoms with Crippen LogP contribution in [0, 0.1) is 0 Å². The first kappa shape index (κ1) is 12.4. The molecule has 0 spiro atoms. The lowest BCUT2D eigenvalue weighted by Crippen LogP contribution is -2.28. The minimum absolute atomic E-state index is 0.108. The number of rotatable bonds is 2. The Balaban J connectivity index is 0.000000606. The molecular formula is C13H18N2O. The van der Waals surface area contributed by atoms with Gasteiger partial charge in [0.2, 0.25) is 5.91 Å². The largest absolute Gasteiger partial charge is 0.273 e. The van der Waals surface area contributed by atoms with E-state index in [0.29, 0.717) is 13.0 Å². The standard InChI is InChI=1S/C11H12N2O.C2H6/c14-11-7-4-8-12-13(11)9-10-5-2-1-3-6-10;1-2/h1-3,5-6,8H,4,7,9H2;1-2H3. The molecule has 1 aliphatic rings. The number of hydrazone groups is 1. The van der Waals surface area contributed by atoms with Gasteiger partial charge in [-0.05, 0) is 12.0 Å². The first-order valence-corrected chi connectivity index (χ1v) is 5.73. The van der Waals surface area contributed by atoms with E-state index in [1.807, 2.05) is 44.2 Å². The fourth-order valence-corrected chi connectivity index (χ4v) is 1.42. The van der Waals surface area contributed by atoms with Crippen molar-refractivity contribution >= 4 is 12.1 Å². The van der Waals surface area contributed by atoms with E-state index in [1.54, 1.807) is 6.21 Å². The molecule has 0 saturated carbocycles. The molecule has 3 nitrogen and oxygen atoms in total. The van der Waals surface area contributed by atoms with Crippen molar-refractivity contribution in [2.75, 3.05) is 0 Å². The van der Waals surface area contributed by atoms with Gasteiger partial charge in [-0.2, -0.15) is 5.10 Å². The van der Waals surface area contributed by atoms with Crippen molar-refractivity contribution in [1.29, 1.82) is 0 Å². The predicted octanol–water partition coefficient (Wildman–Crippen LogP) is 2.82. The molecule has 3 heteroatoms. The van der Waals surface area contributed by atoms with Crippen LogP contribution in [0.3, 0.4) is 0 Å². The van der Waals surface area contributed by atoms with Gasteiger partial charge in [-0.3, -0.25) is 4.79 Å². The molecule has 1 heterocycles. The van der Waals surface area contributed by atoms with Crippen LogP contribution in [0.25, 0.3) is 0 Å². The van der Waals surface area contributed by atoms with Crippen LogP contribution in [0.15, 0.2) is 35.4 Å². The van der Waals surface area contributed by atoms with E-state index < -0.39 is 0 Å². The van der Waals surface area contributed by atoms with Gasteiger partial charge >= 0.3 is 0 Å². The Morgan fingerprint density at radius 3 is 2.56 bits per heavy atom. The van der Waals surface area contributed by atoms with Crippen molar-refractivity contribution < 1.29 is 4.79 Å². The third-order valence-electron chi connectivity index (χ3n) is 2.17. The second-order valence-corrected chi connectivity index (χ2v) is 3.27. The first-order chi connectivity index (χ1) is 7.86. The Morgan fingerprint density at radius 2 is 1.94 bits per heavy atom. The summed E-state index contributed by atoms with van der Waals surface area (Å²) in [5.41, 5.74) is 1.11. The van der Waals surface area contributed by atoms with E-state index in [-0.39, 0.29) is 5.91 Å². The van der Waals surface area contributed by atoms with Crippen LogP contribution in [0.5, 0.6) is 0 Å². The van der Waals surface area contributed by atoms with Crippen LogP contribution < -0.4 is 0 Å². The van der Waals surface area contributed by atoms with Gasteiger partial charge in [-0.1, -0.05) is 44.2 Å². The minimum Gasteiger partial charge on any atom is -0.273 e. The molecule has 2 rings (SSSR count). The topological polar surface area (TPSA) is 32.7 Å². The molecule has 0 saturated heterocycles. The summed E-state index contributed by atoms with van der Waals surface area (Å²) < 4.78 is 0. The summed E-state index contributed by atoms with van der Waals surface area (Å²) in [6.07, 6.45) is 3.14. The Labute approximate surface area is 96.8 Å². The van der Waals surface area contributed by atoms with Gasteiger partial charge in [-0.25, -0.2) is 5.01 Å². The molecule has 0 radical (unpaired) electrons. The lowest BCUT2D eigenvalue weighted by atomic mass is 10.2. The monoisotopic (exact) mass is 218 g/mol. The van der Waals surface area contributed by atoms with E-state index in [4.69, 9.17) is 0 Å². The highest BCUT2D eigenvalue weighted by Gasteiger charge is 2.14. The number of benzene rings is 1. The SMILES string of the molecule is CC.O=C1CCC=NN1Cc1ccccc1. The molecule has 0 aromatic heterocycles. The fourth-order valence-electron chi connectivity index (χ4n) is 1.42. The Hall–Kier alpha value is -1.64. The number of carbonyl (C=O) groups is 1. The Morgan fingerprint density at radius 1 is 1.25 bits per heavy atom. The van der Waals surface area contributed by atoms with Crippen molar-refractivity contribution in [2.24, 2.45) is 5.10 Å². The molecule has 0 bridgehead atoms. The second kappa shape index (κ2) is 6.77. The van der Waals surface area contributed by atoms with Crippen LogP contribution in [0.4, 0.5) is 0 Å². The summed E-state index contributed by atoms with van der Waals surface area (Å²) in [5.74, 6) is 0.108. The van der Waals surface area contributed by atoms with E-state index in [1.165, 1.54) is 5.01 Å². The quantitative estimate of drug-likeness (QED) is 0.751. The van der Waals surface area contributed by atoms with Crippen LogP contribution in [0.2, 0.25) is 0 Å². The third-order valence-corrected chi connectivity index (χ3v) is 2.17. The van der Waals surface area contributed by atoms with Gasteiger partial charge in [-0.15, -0.1) is 0 Å². The number of amides is 1. The lowest BCUT2D eigenvalue weighted by Gasteiger charge is -2.19. The van der Waals surface area contributed by atoms with Gasteiger partial charge in [0, 0.05) is 12.6 Å². The van der Waals surface area contributed by atoms with Gasteiger partial charge in [0.05, 0.1) is 6.54 Å². The van der Waals surface area contributed by atoms with Gasteiger partial charge in [0.15, 0.2) is 0 Å². The van der Waals surface area contributed by atoms with E-state index in [0.717, 1.165) is 12.0 Å². The summed E-state index contributed by atoms with van der Waals surface area (Å²) in [6, 6.07) is 9.89. The van der Waals surface area contributed by atoms with Crippen LogP contribution in [-0.2, 0) is 11.3 Å². The van der Waals surface area contributed by atoms with Crippen molar-refractivity contribution in [3.05, 3.63) is 35.9 Å². The number of carbonyl (C=O) groups excluding carboxylic acids is 1. The normalized spacial score (nSPS) is 14.4. The average Bonchev–Trinajstić information content (AvgIpc) is 2.36.